The van der Waals surface area contributed by atoms with Gasteiger partial charge in [0.05, 0.1) is 5.92 Å². The summed E-state index contributed by atoms with van der Waals surface area (Å²) in [7, 11) is 1.56. The zero-order chi connectivity index (χ0) is 11.7. The van der Waals surface area contributed by atoms with Crippen LogP contribution in [0.15, 0.2) is 24.3 Å². The molecule has 1 atom stereocenters. The number of carbonyl (C=O) groups is 2. The first kappa shape index (κ1) is 10.9. The molecular weight excluding hydrogens is 202 g/mol. The predicted molar refractivity (Wildman–Crippen MR) is 60.8 cm³/mol. The molecule has 1 aliphatic rings. The fourth-order valence-electron chi connectivity index (χ4n) is 2.00. The van der Waals surface area contributed by atoms with E-state index in [1.807, 2.05) is 31.2 Å². The van der Waals surface area contributed by atoms with Crippen molar-refractivity contribution in [1.82, 2.24) is 4.90 Å². The summed E-state index contributed by atoms with van der Waals surface area (Å²) in [5, 5.41) is 0. The zero-order valence-electron chi connectivity index (χ0n) is 9.56. The number of carbonyl (C=O) groups excluding carboxylic acids is 2. The van der Waals surface area contributed by atoms with Gasteiger partial charge in [-0.15, -0.1) is 0 Å². The summed E-state index contributed by atoms with van der Waals surface area (Å²) in [5.74, 6) is -0.284. The molecule has 0 bridgehead atoms. The Kier molecular flexibility index (Phi) is 2.77. The van der Waals surface area contributed by atoms with Crippen LogP contribution in [0.25, 0.3) is 0 Å². The Labute approximate surface area is 95.1 Å². The summed E-state index contributed by atoms with van der Waals surface area (Å²) in [6, 6.07) is 8.09. The smallest absolute Gasteiger partial charge is 0.232 e. The number of rotatable bonds is 2. The van der Waals surface area contributed by atoms with Gasteiger partial charge < -0.3 is 0 Å². The van der Waals surface area contributed by atoms with E-state index in [-0.39, 0.29) is 17.7 Å². The van der Waals surface area contributed by atoms with Crippen molar-refractivity contribution in [3.63, 3.8) is 0 Å². The van der Waals surface area contributed by atoms with E-state index in [1.165, 1.54) is 10.5 Å². The molecule has 0 N–H and O–H groups in total. The van der Waals surface area contributed by atoms with Crippen LogP contribution in [0.2, 0.25) is 0 Å². The molecule has 0 saturated carbocycles. The largest absolute Gasteiger partial charge is 0.285 e. The van der Waals surface area contributed by atoms with Gasteiger partial charge in [0.25, 0.3) is 0 Å². The van der Waals surface area contributed by atoms with Crippen LogP contribution in [0.1, 0.15) is 17.5 Å². The first-order chi connectivity index (χ1) is 7.58. The minimum absolute atomic E-state index is 0.0504. The van der Waals surface area contributed by atoms with Gasteiger partial charge in [-0.3, -0.25) is 14.5 Å². The van der Waals surface area contributed by atoms with Crippen LogP contribution in [0, 0.1) is 12.8 Å². The molecule has 0 aliphatic carbocycles. The predicted octanol–water partition coefficient (Wildman–Crippen LogP) is 1.54. The molecule has 1 aromatic carbocycles. The highest BCUT2D eigenvalue weighted by molar-refractivity contribution is 6.03. The number of nitrogens with zero attached hydrogens (tertiary/aromatic N) is 1. The molecular formula is C13H15NO2. The number of aryl methyl sites for hydroxylation is 1. The van der Waals surface area contributed by atoms with Crippen LogP contribution < -0.4 is 0 Å². The molecule has 1 fully saturated rings. The van der Waals surface area contributed by atoms with Crippen LogP contribution in [0.5, 0.6) is 0 Å². The number of hydrogen-bond acceptors (Lipinski definition) is 2. The quantitative estimate of drug-likeness (QED) is 0.705. The molecule has 2 rings (SSSR count). The van der Waals surface area contributed by atoms with Crippen molar-refractivity contribution >= 4 is 11.8 Å². The third-order valence-electron chi connectivity index (χ3n) is 3.08. The first-order valence-corrected chi connectivity index (χ1v) is 5.44. The molecule has 1 saturated heterocycles. The SMILES string of the molecule is Cc1ccc(CC2CC(=O)N(C)C2=O)cc1. The maximum absolute atomic E-state index is 11.7. The third kappa shape index (κ3) is 1.98. The van der Waals surface area contributed by atoms with Crippen LogP contribution in [-0.2, 0) is 16.0 Å². The minimum atomic E-state index is -0.166. The summed E-state index contributed by atoms with van der Waals surface area (Å²) in [6.07, 6.45) is 1.01. The molecule has 1 aliphatic heterocycles. The van der Waals surface area contributed by atoms with Gasteiger partial charge in [0.2, 0.25) is 11.8 Å². The molecule has 0 aromatic heterocycles. The maximum atomic E-state index is 11.7. The van der Waals surface area contributed by atoms with Crippen LogP contribution >= 0.6 is 0 Å². The van der Waals surface area contributed by atoms with E-state index in [0.29, 0.717) is 12.8 Å². The van der Waals surface area contributed by atoms with Gasteiger partial charge in [-0.2, -0.15) is 0 Å². The zero-order valence-corrected chi connectivity index (χ0v) is 9.56. The molecule has 0 radical (unpaired) electrons. The number of amides is 2. The Morgan fingerprint density at radius 3 is 2.38 bits per heavy atom. The van der Waals surface area contributed by atoms with E-state index >= 15 is 0 Å². The van der Waals surface area contributed by atoms with Gasteiger partial charge in [0.15, 0.2) is 0 Å². The maximum Gasteiger partial charge on any atom is 0.232 e. The van der Waals surface area contributed by atoms with E-state index in [9.17, 15) is 9.59 Å². The van der Waals surface area contributed by atoms with Crippen molar-refractivity contribution in [1.29, 1.82) is 0 Å². The van der Waals surface area contributed by atoms with Crippen LogP contribution in [0.3, 0.4) is 0 Å². The van der Waals surface area contributed by atoms with Crippen LogP contribution in [-0.4, -0.2) is 23.8 Å². The lowest BCUT2D eigenvalue weighted by molar-refractivity contribution is -0.137. The van der Waals surface area contributed by atoms with Crippen molar-refractivity contribution < 1.29 is 9.59 Å². The first-order valence-electron chi connectivity index (χ1n) is 5.44. The summed E-state index contributed by atoms with van der Waals surface area (Å²) in [5.41, 5.74) is 2.32. The Morgan fingerprint density at radius 2 is 1.88 bits per heavy atom. The standard InChI is InChI=1S/C13H15NO2/c1-9-3-5-10(6-4-9)7-11-8-12(15)14(2)13(11)16/h3-6,11H,7-8H2,1-2H3. The van der Waals surface area contributed by atoms with Crippen molar-refractivity contribution in [3.05, 3.63) is 35.4 Å². The second kappa shape index (κ2) is 4.08. The molecule has 1 aromatic rings. The lowest BCUT2D eigenvalue weighted by atomic mass is 9.97. The van der Waals surface area contributed by atoms with Gasteiger partial charge >= 0.3 is 0 Å². The number of benzene rings is 1. The Balaban J connectivity index is 2.09. The summed E-state index contributed by atoms with van der Waals surface area (Å²) in [4.78, 5) is 24.3. The normalized spacial score (nSPS) is 20.6. The molecule has 0 spiro atoms. The van der Waals surface area contributed by atoms with E-state index < -0.39 is 0 Å². The second-order valence-electron chi connectivity index (χ2n) is 4.38. The minimum Gasteiger partial charge on any atom is -0.285 e. The van der Waals surface area contributed by atoms with Crippen molar-refractivity contribution in [3.8, 4) is 0 Å². The number of hydrogen-bond donors (Lipinski definition) is 0. The number of likely N-dealkylation sites (tertiary alicyclic amines) is 1. The van der Waals surface area contributed by atoms with Crippen molar-refractivity contribution in [2.24, 2.45) is 5.92 Å². The summed E-state index contributed by atoms with van der Waals surface area (Å²) >= 11 is 0. The van der Waals surface area contributed by atoms with E-state index in [4.69, 9.17) is 0 Å². The van der Waals surface area contributed by atoms with E-state index in [0.717, 1.165) is 5.56 Å². The van der Waals surface area contributed by atoms with Crippen molar-refractivity contribution in [2.45, 2.75) is 19.8 Å². The van der Waals surface area contributed by atoms with Gasteiger partial charge in [-0.25, -0.2) is 0 Å². The molecule has 1 unspecified atom stereocenters. The Hall–Kier alpha value is -1.64. The average Bonchev–Trinajstić information content (AvgIpc) is 2.50. The number of imide groups is 1. The van der Waals surface area contributed by atoms with Gasteiger partial charge in [-0.05, 0) is 18.9 Å². The Morgan fingerprint density at radius 1 is 1.25 bits per heavy atom. The lowest BCUT2D eigenvalue weighted by Gasteiger charge is -2.08. The van der Waals surface area contributed by atoms with E-state index in [2.05, 4.69) is 0 Å². The fraction of sp³-hybridized carbons (Fsp3) is 0.385. The van der Waals surface area contributed by atoms with Gasteiger partial charge in [0, 0.05) is 13.5 Å². The summed E-state index contributed by atoms with van der Waals surface area (Å²) in [6.45, 7) is 2.03. The molecule has 3 heteroatoms. The van der Waals surface area contributed by atoms with Crippen molar-refractivity contribution in [2.75, 3.05) is 7.05 Å². The second-order valence-corrected chi connectivity index (χ2v) is 4.38. The van der Waals surface area contributed by atoms with Crippen LogP contribution in [0.4, 0.5) is 0 Å². The van der Waals surface area contributed by atoms with E-state index in [1.54, 1.807) is 7.05 Å². The molecule has 2 amide bonds. The highest BCUT2D eigenvalue weighted by atomic mass is 16.2. The van der Waals surface area contributed by atoms with Gasteiger partial charge in [-0.1, -0.05) is 29.8 Å². The average molecular weight is 217 g/mol. The van der Waals surface area contributed by atoms with Gasteiger partial charge in [0.1, 0.15) is 0 Å². The third-order valence-corrected chi connectivity index (χ3v) is 3.08. The molecule has 84 valence electrons. The lowest BCUT2D eigenvalue weighted by Crippen LogP contribution is -2.26. The highest BCUT2D eigenvalue weighted by Crippen LogP contribution is 2.22. The highest BCUT2D eigenvalue weighted by Gasteiger charge is 2.35. The topological polar surface area (TPSA) is 37.4 Å². The molecule has 3 nitrogen and oxygen atoms in total. The summed E-state index contributed by atoms with van der Waals surface area (Å²) < 4.78 is 0. The molecule has 1 heterocycles. The Bertz CT molecular complexity index is 422. The monoisotopic (exact) mass is 217 g/mol. The molecule has 16 heavy (non-hydrogen) atoms. The fourth-order valence-corrected chi connectivity index (χ4v) is 2.00.